The average Bonchev–Trinajstić information content (AvgIpc) is 2.53. The second kappa shape index (κ2) is 8.35. The third-order valence-electron chi connectivity index (χ3n) is 3.87. The van der Waals surface area contributed by atoms with Crippen molar-refractivity contribution in [3.8, 4) is 5.75 Å². The van der Waals surface area contributed by atoms with Gasteiger partial charge in [-0.25, -0.2) is 4.98 Å². The standard InChI is InChI=1S/C18H21N3OS2/c19-14-7-8-15(16(22)12-14)18(13-4-3-5-13)21-10-11-23-24-17-6-1-2-9-20-17/h1-2,6-9,12,21-22H,3-5,10-11,19H2. The van der Waals surface area contributed by atoms with Crippen molar-refractivity contribution in [3.63, 3.8) is 0 Å². The summed E-state index contributed by atoms with van der Waals surface area (Å²) in [6.45, 7) is 0.840. The van der Waals surface area contributed by atoms with Crippen molar-refractivity contribution < 1.29 is 5.11 Å². The van der Waals surface area contributed by atoms with Gasteiger partial charge >= 0.3 is 0 Å². The molecule has 24 heavy (non-hydrogen) atoms. The minimum atomic E-state index is 0.243. The Morgan fingerprint density at radius 3 is 2.79 bits per heavy atom. The fourth-order valence-electron chi connectivity index (χ4n) is 2.49. The number of phenolic OH excluding ortho intramolecular Hbond substituents is 1. The molecule has 0 radical (unpaired) electrons. The van der Waals surface area contributed by atoms with E-state index in [0.717, 1.165) is 41.4 Å². The van der Waals surface area contributed by atoms with E-state index >= 15 is 0 Å². The lowest BCUT2D eigenvalue weighted by atomic mass is 9.88. The largest absolute Gasteiger partial charge is 0.507 e. The molecule has 0 spiro atoms. The zero-order valence-corrected chi connectivity index (χ0v) is 15.0. The topological polar surface area (TPSA) is 71.2 Å². The number of aromatic hydroxyl groups is 1. The van der Waals surface area contributed by atoms with Gasteiger partial charge in [-0.05, 0) is 59.9 Å². The van der Waals surface area contributed by atoms with Crippen LogP contribution >= 0.6 is 21.6 Å². The highest BCUT2D eigenvalue weighted by Gasteiger charge is 2.18. The van der Waals surface area contributed by atoms with Crippen LogP contribution in [0.5, 0.6) is 5.75 Å². The molecule has 2 aromatic rings. The summed E-state index contributed by atoms with van der Waals surface area (Å²) in [4.78, 5) is 4.30. The number of phenols is 1. The van der Waals surface area contributed by atoms with E-state index < -0.39 is 0 Å². The van der Waals surface area contributed by atoms with E-state index in [-0.39, 0.29) is 5.75 Å². The van der Waals surface area contributed by atoms with Crippen molar-refractivity contribution in [3.05, 3.63) is 53.7 Å². The lowest BCUT2D eigenvalue weighted by Crippen LogP contribution is -2.19. The second-order valence-electron chi connectivity index (χ2n) is 5.61. The molecular weight excluding hydrogens is 338 g/mol. The minimum Gasteiger partial charge on any atom is -0.507 e. The van der Waals surface area contributed by atoms with Gasteiger partial charge in [0.05, 0.1) is 0 Å². The van der Waals surface area contributed by atoms with Gasteiger partial charge in [0.15, 0.2) is 0 Å². The molecule has 1 aromatic heterocycles. The van der Waals surface area contributed by atoms with E-state index in [1.807, 2.05) is 36.5 Å². The quantitative estimate of drug-likeness (QED) is 0.389. The van der Waals surface area contributed by atoms with Gasteiger partial charge in [-0.2, -0.15) is 0 Å². The maximum Gasteiger partial charge on any atom is 0.126 e. The highest BCUT2D eigenvalue weighted by molar-refractivity contribution is 8.76. The van der Waals surface area contributed by atoms with E-state index in [2.05, 4.69) is 10.3 Å². The monoisotopic (exact) mass is 359 g/mol. The van der Waals surface area contributed by atoms with Crippen LogP contribution in [0.4, 0.5) is 5.69 Å². The predicted octanol–water partition coefficient (Wildman–Crippen LogP) is 4.29. The van der Waals surface area contributed by atoms with Crippen molar-refractivity contribution in [1.82, 2.24) is 10.3 Å². The third-order valence-corrected chi connectivity index (χ3v) is 6.14. The number of nitrogen functional groups attached to an aromatic ring is 1. The van der Waals surface area contributed by atoms with E-state index in [0.29, 0.717) is 5.69 Å². The number of benzene rings is 1. The first kappa shape index (κ1) is 17.0. The van der Waals surface area contributed by atoms with Gasteiger partial charge in [-0.3, -0.25) is 0 Å². The number of allylic oxidation sites excluding steroid dienone is 1. The van der Waals surface area contributed by atoms with Crippen LogP contribution in [0.25, 0.3) is 5.70 Å². The molecule has 0 amide bonds. The van der Waals surface area contributed by atoms with Crippen LogP contribution < -0.4 is 11.1 Å². The Kier molecular flexibility index (Phi) is 5.93. The van der Waals surface area contributed by atoms with E-state index in [4.69, 9.17) is 5.73 Å². The average molecular weight is 360 g/mol. The predicted molar refractivity (Wildman–Crippen MR) is 104 cm³/mol. The summed E-state index contributed by atoms with van der Waals surface area (Å²) in [7, 11) is 3.46. The van der Waals surface area contributed by atoms with Crippen molar-refractivity contribution in [2.24, 2.45) is 0 Å². The van der Waals surface area contributed by atoms with Crippen molar-refractivity contribution in [2.45, 2.75) is 24.3 Å². The van der Waals surface area contributed by atoms with Crippen LogP contribution in [0.1, 0.15) is 24.8 Å². The number of nitrogens with two attached hydrogens (primary N) is 1. The van der Waals surface area contributed by atoms with Crippen LogP contribution in [0.15, 0.2) is 53.2 Å². The molecular formula is C18H21N3OS2. The van der Waals surface area contributed by atoms with Crippen LogP contribution in [-0.2, 0) is 0 Å². The number of nitrogens with zero attached hydrogens (tertiary/aromatic N) is 1. The van der Waals surface area contributed by atoms with E-state index in [1.54, 1.807) is 27.7 Å². The number of aromatic nitrogens is 1. The van der Waals surface area contributed by atoms with E-state index in [1.165, 1.54) is 12.0 Å². The summed E-state index contributed by atoms with van der Waals surface area (Å²) in [5.74, 6) is 1.20. The molecule has 6 heteroatoms. The molecule has 126 valence electrons. The highest BCUT2D eigenvalue weighted by atomic mass is 33.1. The van der Waals surface area contributed by atoms with E-state index in [9.17, 15) is 5.11 Å². The summed E-state index contributed by atoms with van der Waals surface area (Å²) in [5, 5.41) is 14.7. The van der Waals surface area contributed by atoms with Gasteiger partial charge in [0, 0.05) is 41.5 Å². The van der Waals surface area contributed by atoms with Gasteiger partial charge < -0.3 is 16.2 Å². The first-order valence-electron chi connectivity index (χ1n) is 7.99. The number of hydrogen-bond acceptors (Lipinski definition) is 6. The highest BCUT2D eigenvalue weighted by Crippen LogP contribution is 2.36. The Hall–Kier alpha value is -1.79. The maximum absolute atomic E-state index is 10.2. The van der Waals surface area contributed by atoms with Crippen LogP contribution in [0.3, 0.4) is 0 Å². The maximum atomic E-state index is 10.2. The fourth-order valence-corrected chi connectivity index (χ4v) is 4.28. The molecule has 1 heterocycles. The number of anilines is 1. The zero-order chi connectivity index (χ0) is 16.8. The number of nitrogens with one attached hydrogen (secondary N) is 1. The van der Waals surface area contributed by atoms with Gasteiger partial charge in [0.25, 0.3) is 0 Å². The normalized spacial score (nSPS) is 13.4. The number of hydrogen-bond donors (Lipinski definition) is 3. The van der Waals surface area contributed by atoms with Crippen molar-refractivity contribution in [2.75, 3.05) is 18.0 Å². The molecule has 3 rings (SSSR count). The summed E-state index contributed by atoms with van der Waals surface area (Å²) in [6.07, 6.45) is 5.23. The van der Waals surface area contributed by atoms with Gasteiger partial charge in [-0.1, -0.05) is 16.9 Å². The molecule has 0 saturated heterocycles. The SMILES string of the molecule is Nc1ccc(C(NCCSSc2ccccn2)=C2CCC2)c(O)c1. The molecule has 0 aliphatic heterocycles. The van der Waals surface area contributed by atoms with Gasteiger partial charge in [-0.15, -0.1) is 0 Å². The molecule has 0 atom stereocenters. The molecule has 1 aliphatic carbocycles. The Morgan fingerprint density at radius 2 is 2.12 bits per heavy atom. The Balaban J connectivity index is 1.56. The number of rotatable bonds is 7. The smallest absolute Gasteiger partial charge is 0.126 e. The van der Waals surface area contributed by atoms with Gasteiger partial charge in [0.2, 0.25) is 0 Å². The summed E-state index contributed by atoms with van der Waals surface area (Å²) in [6, 6.07) is 11.3. The number of pyridine rings is 1. The Bertz CT molecular complexity index is 713. The van der Waals surface area contributed by atoms with Crippen molar-refractivity contribution >= 4 is 33.0 Å². The molecule has 1 saturated carbocycles. The Morgan fingerprint density at radius 1 is 1.25 bits per heavy atom. The van der Waals surface area contributed by atoms with Crippen LogP contribution in [0.2, 0.25) is 0 Å². The first-order chi connectivity index (χ1) is 11.7. The summed E-state index contributed by atoms with van der Waals surface area (Å²) >= 11 is 0. The molecule has 0 bridgehead atoms. The van der Waals surface area contributed by atoms with Crippen LogP contribution in [0, 0.1) is 0 Å². The molecule has 0 unspecified atom stereocenters. The fraction of sp³-hybridized carbons (Fsp3) is 0.278. The molecule has 1 fully saturated rings. The molecule has 1 aromatic carbocycles. The summed E-state index contributed by atoms with van der Waals surface area (Å²) in [5.41, 5.74) is 9.62. The molecule has 4 nitrogen and oxygen atoms in total. The zero-order valence-electron chi connectivity index (χ0n) is 13.4. The van der Waals surface area contributed by atoms with Gasteiger partial charge in [0.1, 0.15) is 10.8 Å². The Labute approximate surface area is 150 Å². The van der Waals surface area contributed by atoms with Crippen LogP contribution in [-0.4, -0.2) is 22.4 Å². The third kappa shape index (κ3) is 4.39. The lowest BCUT2D eigenvalue weighted by Gasteiger charge is -2.24. The molecule has 4 N–H and O–H groups in total. The summed E-state index contributed by atoms with van der Waals surface area (Å²) < 4.78 is 0. The second-order valence-corrected chi connectivity index (χ2v) is 8.04. The first-order valence-corrected chi connectivity index (χ1v) is 10.3. The van der Waals surface area contributed by atoms with Crippen molar-refractivity contribution in [1.29, 1.82) is 0 Å². The lowest BCUT2D eigenvalue weighted by molar-refractivity contribution is 0.473. The molecule has 1 aliphatic rings. The minimum absolute atomic E-state index is 0.243.